The van der Waals surface area contributed by atoms with Crippen LogP contribution in [0.15, 0.2) is 6.07 Å². The van der Waals surface area contributed by atoms with Crippen LogP contribution in [-0.2, 0) is 4.74 Å². The molecule has 2 heterocycles. The third-order valence-corrected chi connectivity index (χ3v) is 3.38. The second kappa shape index (κ2) is 6.68. The van der Waals surface area contributed by atoms with Crippen molar-refractivity contribution < 1.29 is 4.74 Å². The molecule has 1 saturated heterocycles. The minimum absolute atomic E-state index is 0.583. The number of anilines is 2. The van der Waals surface area contributed by atoms with Gasteiger partial charge in [0.15, 0.2) is 0 Å². The molecule has 0 saturated carbocycles. The first-order chi connectivity index (χ1) is 9.22. The Balaban J connectivity index is 2.04. The van der Waals surface area contributed by atoms with Crippen LogP contribution in [0.4, 0.5) is 11.6 Å². The van der Waals surface area contributed by atoms with E-state index in [1.165, 1.54) is 0 Å². The van der Waals surface area contributed by atoms with Gasteiger partial charge in [0.2, 0.25) is 0 Å². The zero-order valence-corrected chi connectivity index (χ0v) is 11.7. The van der Waals surface area contributed by atoms with Crippen molar-refractivity contribution in [2.75, 3.05) is 50.1 Å². The summed E-state index contributed by atoms with van der Waals surface area (Å²) in [6, 6.07) is 2.00. The summed E-state index contributed by atoms with van der Waals surface area (Å²) in [5.74, 6) is 3.22. The van der Waals surface area contributed by atoms with E-state index in [1.807, 2.05) is 13.0 Å². The van der Waals surface area contributed by atoms with Gasteiger partial charge in [-0.05, 0) is 25.8 Å². The molecule has 0 aromatic carbocycles. The molecule has 1 aromatic heterocycles. The van der Waals surface area contributed by atoms with E-state index in [0.717, 1.165) is 50.1 Å². The fourth-order valence-corrected chi connectivity index (χ4v) is 2.32. The third kappa shape index (κ3) is 3.78. The molecular weight excluding hydrogens is 242 g/mol. The largest absolute Gasteiger partial charge is 0.383 e. The zero-order chi connectivity index (χ0) is 13.7. The summed E-state index contributed by atoms with van der Waals surface area (Å²) in [5.41, 5.74) is 5.73. The molecule has 1 aliphatic rings. The van der Waals surface area contributed by atoms with Crippen LogP contribution in [0.5, 0.6) is 0 Å². The molecule has 1 fully saturated rings. The highest BCUT2D eigenvalue weighted by Gasteiger charge is 2.22. The molecule has 0 aliphatic carbocycles. The van der Waals surface area contributed by atoms with E-state index in [1.54, 1.807) is 7.11 Å². The minimum Gasteiger partial charge on any atom is -0.383 e. The molecular formula is C13H23N5O. The van der Waals surface area contributed by atoms with Crippen LogP contribution < -0.4 is 16.0 Å². The van der Waals surface area contributed by atoms with E-state index in [0.29, 0.717) is 12.5 Å². The fourth-order valence-electron chi connectivity index (χ4n) is 2.32. The summed E-state index contributed by atoms with van der Waals surface area (Å²) in [6.45, 7) is 6.09. The first kappa shape index (κ1) is 14.0. The molecule has 2 rings (SSSR count). The van der Waals surface area contributed by atoms with Crippen molar-refractivity contribution in [2.24, 2.45) is 11.7 Å². The number of hydrogen-bond donors (Lipinski definition) is 2. The standard InChI is InChI=1S/C13H23N5O/c1-10-16-12(15-4-6-19-2)7-13(17-10)18-5-3-11(8-14)9-18/h7,11H,3-6,8-9,14H2,1-2H3,(H,15,16,17). The molecule has 1 aromatic rings. The Morgan fingerprint density at radius 2 is 2.37 bits per heavy atom. The van der Waals surface area contributed by atoms with Crippen molar-refractivity contribution in [3.63, 3.8) is 0 Å². The molecule has 1 atom stereocenters. The maximum absolute atomic E-state index is 5.73. The molecule has 3 N–H and O–H groups in total. The van der Waals surface area contributed by atoms with Gasteiger partial charge in [-0.2, -0.15) is 0 Å². The smallest absolute Gasteiger partial charge is 0.134 e. The van der Waals surface area contributed by atoms with E-state index >= 15 is 0 Å². The number of aromatic nitrogens is 2. The van der Waals surface area contributed by atoms with Crippen molar-refractivity contribution >= 4 is 11.6 Å². The second-order valence-corrected chi connectivity index (χ2v) is 4.91. The average molecular weight is 265 g/mol. The molecule has 0 bridgehead atoms. The predicted molar refractivity (Wildman–Crippen MR) is 76.5 cm³/mol. The van der Waals surface area contributed by atoms with Gasteiger partial charge < -0.3 is 20.7 Å². The van der Waals surface area contributed by atoms with Crippen molar-refractivity contribution in [3.05, 3.63) is 11.9 Å². The Labute approximate surface area is 114 Å². The van der Waals surface area contributed by atoms with Crippen LogP contribution in [0.2, 0.25) is 0 Å². The predicted octanol–water partition coefficient (Wildman–Crippen LogP) is 0.628. The summed E-state index contributed by atoms with van der Waals surface area (Å²) < 4.78 is 5.02. The Morgan fingerprint density at radius 1 is 1.53 bits per heavy atom. The van der Waals surface area contributed by atoms with Crippen LogP contribution >= 0.6 is 0 Å². The van der Waals surface area contributed by atoms with Gasteiger partial charge in [-0.1, -0.05) is 0 Å². The summed E-state index contributed by atoms with van der Waals surface area (Å²) in [6.07, 6.45) is 1.14. The van der Waals surface area contributed by atoms with Gasteiger partial charge in [-0.15, -0.1) is 0 Å². The van der Waals surface area contributed by atoms with Crippen molar-refractivity contribution in [1.82, 2.24) is 9.97 Å². The Hall–Kier alpha value is -1.40. The highest BCUT2D eigenvalue weighted by molar-refractivity contribution is 5.50. The Bertz CT molecular complexity index is 412. The Morgan fingerprint density at radius 3 is 3.05 bits per heavy atom. The van der Waals surface area contributed by atoms with E-state index in [9.17, 15) is 0 Å². The molecule has 0 radical (unpaired) electrons. The molecule has 19 heavy (non-hydrogen) atoms. The first-order valence-corrected chi connectivity index (χ1v) is 6.76. The van der Waals surface area contributed by atoms with Crippen molar-refractivity contribution in [2.45, 2.75) is 13.3 Å². The Kier molecular flexibility index (Phi) is 4.93. The summed E-state index contributed by atoms with van der Waals surface area (Å²) in [5, 5.41) is 3.25. The fraction of sp³-hybridized carbons (Fsp3) is 0.692. The third-order valence-electron chi connectivity index (χ3n) is 3.38. The summed E-state index contributed by atoms with van der Waals surface area (Å²) in [4.78, 5) is 11.2. The van der Waals surface area contributed by atoms with Crippen LogP contribution in [0.1, 0.15) is 12.2 Å². The number of hydrogen-bond acceptors (Lipinski definition) is 6. The maximum Gasteiger partial charge on any atom is 0.134 e. The van der Waals surface area contributed by atoms with E-state index < -0.39 is 0 Å². The van der Waals surface area contributed by atoms with Gasteiger partial charge in [0.05, 0.1) is 6.61 Å². The highest BCUT2D eigenvalue weighted by Crippen LogP contribution is 2.23. The minimum atomic E-state index is 0.583. The van der Waals surface area contributed by atoms with Gasteiger partial charge in [-0.3, -0.25) is 0 Å². The first-order valence-electron chi connectivity index (χ1n) is 6.76. The van der Waals surface area contributed by atoms with Gasteiger partial charge in [0.1, 0.15) is 17.5 Å². The van der Waals surface area contributed by atoms with E-state index in [4.69, 9.17) is 10.5 Å². The van der Waals surface area contributed by atoms with Gasteiger partial charge in [0, 0.05) is 32.8 Å². The van der Waals surface area contributed by atoms with Crippen LogP contribution in [0, 0.1) is 12.8 Å². The number of ether oxygens (including phenoxy) is 1. The number of rotatable bonds is 6. The maximum atomic E-state index is 5.73. The summed E-state index contributed by atoms with van der Waals surface area (Å²) >= 11 is 0. The van der Waals surface area contributed by atoms with Crippen LogP contribution in [0.3, 0.4) is 0 Å². The lowest BCUT2D eigenvalue weighted by Crippen LogP contribution is -2.24. The number of nitrogens with zero attached hydrogens (tertiary/aromatic N) is 3. The molecule has 6 nitrogen and oxygen atoms in total. The number of nitrogens with one attached hydrogen (secondary N) is 1. The number of methoxy groups -OCH3 is 1. The van der Waals surface area contributed by atoms with E-state index in [2.05, 4.69) is 20.2 Å². The monoisotopic (exact) mass is 265 g/mol. The molecule has 0 spiro atoms. The lowest BCUT2D eigenvalue weighted by molar-refractivity contribution is 0.210. The quantitative estimate of drug-likeness (QED) is 0.735. The van der Waals surface area contributed by atoms with Crippen LogP contribution in [0.25, 0.3) is 0 Å². The molecule has 1 aliphatic heterocycles. The van der Waals surface area contributed by atoms with Gasteiger partial charge >= 0.3 is 0 Å². The number of nitrogens with two attached hydrogens (primary N) is 1. The average Bonchev–Trinajstić information content (AvgIpc) is 2.87. The summed E-state index contributed by atoms with van der Waals surface area (Å²) in [7, 11) is 1.69. The molecule has 1 unspecified atom stereocenters. The topological polar surface area (TPSA) is 76.3 Å². The van der Waals surface area contributed by atoms with Crippen molar-refractivity contribution in [1.29, 1.82) is 0 Å². The molecule has 106 valence electrons. The van der Waals surface area contributed by atoms with Crippen LogP contribution in [-0.4, -0.2) is 49.9 Å². The second-order valence-electron chi connectivity index (χ2n) is 4.91. The highest BCUT2D eigenvalue weighted by atomic mass is 16.5. The van der Waals surface area contributed by atoms with Crippen molar-refractivity contribution in [3.8, 4) is 0 Å². The van der Waals surface area contributed by atoms with E-state index in [-0.39, 0.29) is 0 Å². The van der Waals surface area contributed by atoms with Gasteiger partial charge in [0.25, 0.3) is 0 Å². The lowest BCUT2D eigenvalue weighted by atomic mass is 10.1. The molecule has 0 amide bonds. The molecule has 6 heteroatoms. The van der Waals surface area contributed by atoms with Gasteiger partial charge in [-0.25, -0.2) is 9.97 Å². The lowest BCUT2D eigenvalue weighted by Gasteiger charge is -2.18. The number of aryl methyl sites for hydroxylation is 1. The normalized spacial score (nSPS) is 18.9. The zero-order valence-electron chi connectivity index (χ0n) is 11.7. The SMILES string of the molecule is COCCNc1cc(N2CCC(CN)C2)nc(C)n1.